The topological polar surface area (TPSA) is 26.7 Å². The fourth-order valence-corrected chi connectivity index (χ4v) is 1.19. The Bertz CT molecular complexity index is 321. The normalized spacial score (nSPS) is 9.64. The Hall–Kier alpha value is -1.29. The highest BCUT2D eigenvalue weighted by Crippen LogP contribution is 2.17. The maximum absolute atomic E-state index is 9.12. The van der Waals surface area contributed by atoms with Crippen molar-refractivity contribution in [3.8, 4) is 5.75 Å². The van der Waals surface area contributed by atoms with E-state index in [1.165, 1.54) is 0 Å². The van der Waals surface area contributed by atoms with Gasteiger partial charge in [0.25, 0.3) is 0 Å². The molecule has 0 saturated carbocycles. The predicted octanol–water partition coefficient (Wildman–Crippen LogP) is 1.67. The molecule has 1 N–H and O–H groups in total. The number of hydrogen-bond donors (Lipinski definition) is 1. The number of benzene rings is 1. The summed E-state index contributed by atoms with van der Waals surface area (Å²) in [5.41, 5.74) is 0.960. The minimum Gasteiger partial charge on any atom is -0.508 e. The van der Waals surface area contributed by atoms with Crippen LogP contribution in [0.5, 0.6) is 5.75 Å². The SMILES string of the molecule is CN(C)C(=S)N(C)c1ccc(O)cc1. The molecular weight excluding hydrogens is 196 g/mol. The van der Waals surface area contributed by atoms with Gasteiger partial charge in [-0.1, -0.05) is 0 Å². The second-order valence-corrected chi connectivity index (χ2v) is 3.62. The molecule has 0 bridgehead atoms. The van der Waals surface area contributed by atoms with Crippen molar-refractivity contribution < 1.29 is 5.11 Å². The number of phenols is 1. The van der Waals surface area contributed by atoms with Crippen LogP contribution in [0, 0.1) is 0 Å². The summed E-state index contributed by atoms with van der Waals surface area (Å²) >= 11 is 5.20. The molecule has 4 heteroatoms. The van der Waals surface area contributed by atoms with Gasteiger partial charge in [-0.15, -0.1) is 0 Å². The molecule has 0 fully saturated rings. The number of hydrogen-bond acceptors (Lipinski definition) is 2. The standard InChI is InChI=1S/C10H14N2OS/c1-11(2)10(14)12(3)8-4-6-9(13)7-5-8/h4-7,13H,1-3H3. The quantitative estimate of drug-likeness (QED) is 0.713. The lowest BCUT2D eigenvalue weighted by Gasteiger charge is -2.25. The fraction of sp³-hybridized carbons (Fsp3) is 0.300. The van der Waals surface area contributed by atoms with Gasteiger partial charge in [0.1, 0.15) is 5.75 Å². The molecule has 0 aliphatic heterocycles. The average molecular weight is 210 g/mol. The Morgan fingerprint density at radius 1 is 1.14 bits per heavy atom. The van der Waals surface area contributed by atoms with Crippen LogP contribution < -0.4 is 4.90 Å². The third kappa shape index (κ3) is 2.35. The van der Waals surface area contributed by atoms with E-state index in [4.69, 9.17) is 17.3 Å². The largest absolute Gasteiger partial charge is 0.508 e. The Balaban J connectivity index is 2.84. The van der Waals surface area contributed by atoms with Crippen LogP contribution in [0.2, 0.25) is 0 Å². The Kier molecular flexibility index (Phi) is 3.30. The van der Waals surface area contributed by atoms with Crippen LogP contribution >= 0.6 is 12.2 Å². The van der Waals surface area contributed by atoms with Crippen LogP contribution in [0.3, 0.4) is 0 Å². The van der Waals surface area contributed by atoms with Crippen molar-refractivity contribution in [1.82, 2.24) is 4.90 Å². The summed E-state index contributed by atoms with van der Waals surface area (Å²) in [7, 11) is 5.70. The summed E-state index contributed by atoms with van der Waals surface area (Å²) in [6.45, 7) is 0. The van der Waals surface area contributed by atoms with E-state index in [-0.39, 0.29) is 5.75 Å². The molecule has 1 rings (SSSR count). The highest BCUT2D eigenvalue weighted by Gasteiger charge is 2.07. The number of anilines is 1. The predicted molar refractivity (Wildman–Crippen MR) is 62.8 cm³/mol. The van der Waals surface area contributed by atoms with Crippen molar-refractivity contribution in [1.29, 1.82) is 0 Å². The summed E-state index contributed by atoms with van der Waals surface area (Å²) in [5, 5.41) is 9.86. The summed E-state index contributed by atoms with van der Waals surface area (Å²) in [6.07, 6.45) is 0. The van der Waals surface area contributed by atoms with E-state index < -0.39 is 0 Å². The third-order valence-electron chi connectivity index (χ3n) is 1.91. The van der Waals surface area contributed by atoms with Crippen LogP contribution in [-0.4, -0.2) is 36.3 Å². The van der Waals surface area contributed by atoms with Gasteiger partial charge in [-0.25, -0.2) is 0 Å². The molecule has 1 aromatic rings. The monoisotopic (exact) mass is 210 g/mol. The van der Waals surface area contributed by atoms with Gasteiger partial charge in [0.15, 0.2) is 5.11 Å². The number of aromatic hydroxyl groups is 1. The molecule has 0 aliphatic rings. The summed E-state index contributed by atoms with van der Waals surface area (Å²) < 4.78 is 0. The number of rotatable bonds is 1. The van der Waals surface area contributed by atoms with Crippen molar-refractivity contribution in [2.75, 3.05) is 26.0 Å². The Morgan fingerprint density at radius 2 is 1.64 bits per heavy atom. The van der Waals surface area contributed by atoms with Crippen molar-refractivity contribution in [3.05, 3.63) is 24.3 Å². The van der Waals surface area contributed by atoms with Gasteiger partial charge in [-0.3, -0.25) is 0 Å². The zero-order valence-corrected chi connectivity index (χ0v) is 9.38. The van der Waals surface area contributed by atoms with E-state index in [2.05, 4.69) is 0 Å². The Morgan fingerprint density at radius 3 is 2.07 bits per heavy atom. The highest BCUT2D eigenvalue weighted by molar-refractivity contribution is 7.80. The summed E-state index contributed by atoms with van der Waals surface area (Å²) in [5.74, 6) is 0.262. The zero-order chi connectivity index (χ0) is 10.7. The number of thiocarbonyl (C=S) groups is 1. The van der Waals surface area contributed by atoms with E-state index >= 15 is 0 Å². The van der Waals surface area contributed by atoms with Gasteiger partial charge in [0.2, 0.25) is 0 Å². The van der Waals surface area contributed by atoms with Crippen molar-refractivity contribution >= 4 is 23.0 Å². The first-order valence-corrected chi connectivity index (χ1v) is 4.67. The molecule has 1 aromatic carbocycles. The average Bonchev–Trinajstić information content (AvgIpc) is 2.16. The third-order valence-corrected chi connectivity index (χ3v) is 2.55. The van der Waals surface area contributed by atoms with Gasteiger partial charge in [-0.2, -0.15) is 0 Å². The van der Waals surface area contributed by atoms with Gasteiger partial charge in [0, 0.05) is 26.8 Å². The van der Waals surface area contributed by atoms with Crippen molar-refractivity contribution in [2.45, 2.75) is 0 Å². The van der Waals surface area contributed by atoms with Gasteiger partial charge in [0.05, 0.1) is 0 Å². The van der Waals surface area contributed by atoms with Crippen LogP contribution in [-0.2, 0) is 0 Å². The number of phenolic OH excluding ortho intramolecular Hbond substituents is 1. The second-order valence-electron chi connectivity index (χ2n) is 3.25. The molecule has 0 radical (unpaired) electrons. The van der Waals surface area contributed by atoms with Gasteiger partial charge >= 0.3 is 0 Å². The molecule has 0 aromatic heterocycles. The lowest BCUT2D eigenvalue weighted by Crippen LogP contribution is -2.35. The molecular formula is C10H14N2OS. The molecule has 76 valence electrons. The van der Waals surface area contributed by atoms with E-state index in [1.807, 2.05) is 43.1 Å². The first-order valence-electron chi connectivity index (χ1n) is 4.26. The number of nitrogens with zero attached hydrogens (tertiary/aromatic N) is 2. The maximum atomic E-state index is 9.12. The minimum absolute atomic E-state index is 0.262. The lowest BCUT2D eigenvalue weighted by molar-refractivity contribution is 0.475. The van der Waals surface area contributed by atoms with E-state index in [0.717, 1.165) is 10.8 Å². The fourth-order valence-electron chi connectivity index (χ4n) is 1.09. The zero-order valence-electron chi connectivity index (χ0n) is 8.56. The molecule has 0 aliphatic carbocycles. The van der Waals surface area contributed by atoms with Gasteiger partial charge < -0.3 is 14.9 Å². The van der Waals surface area contributed by atoms with E-state index in [0.29, 0.717) is 0 Å². The smallest absolute Gasteiger partial charge is 0.175 e. The molecule has 0 heterocycles. The summed E-state index contributed by atoms with van der Waals surface area (Å²) in [6, 6.07) is 6.94. The molecule has 0 unspecified atom stereocenters. The summed E-state index contributed by atoms with van der Waals surface area (Å²) in [4.78, 5) is 3.75. The molecule has 14 heavy (non-hydrogen) atoms. The van der Waals surface area contributed by atoms with Crippen LogP contribution in [0.25, 0.3) is 0 Å². The molecule has 0 saturated heterocycles. The van der Waals surface area contributed by atoms with Crippen LogP contribution in [0.15, 0.2) is 24.3 Å². The van der Waals surface area contributed by atoms with E-state index in [9.17, 15) is 0 Å². The minimum atomic E-state index is 0.262. The second kappa shape index (κ2) is 4.28. The van der Waals surface area contributed by atoms with Crippen molar-refractivity contribution in [2.24, 2.45) is 0 Å². The van der Waals surface area contributed by atoms with Crippen LogP contribution in [0.4, 0.5) is 5.69 Å². The molecule has 0 atom stereocenters. The first-order chi connectivity index (χ1) is 6.52. The maximum Gasteiger partial charge on any atom is 0.175 e. The Labute approximate surface area is 89.6 Å². The lowest BCUT2D eigenvalue weighted by atomic mass is 10.3. The molecule has 0 amide bonds. The van der Waals surface area contributed by atoms with Crippen molar-refractivity contribution in [3.63, 3.8) is 0 Å². The molecule has 3 nitrogen and oxygen atoms in total. The van der Waals surface area contributed by atoms with Crippen LogP contribution in [0.1, 0.15) is 0 Å². The first kappa shape index (κ1) is 10.8. The molecule has 0 spiro atoms. The van der Waals surface area contributed by atoms with Gasteiger partial charge in [-0.05, 0) is 36.5 Å². The van der Waals surface area contributed by atoms with E-state index in [1.54, 1.807) is 12.1 Å². The highest BCUT2D eigenvalue weighted by atomic mass is 32.1.